The van der Waals surface area contributed by atoms with Crippen LogP contribution in [0.15, 0.2) is 47.8 Å². The summed E-state index contributed by atoms with van der Waals surface area (Å²) >= 11 is 1.96. The fraction of sp³-hybridized carbons (Fsp3) is 0.565. The number of unbranched alkanes of at least 4 members (excludes halogenated alkanes) is 1. The van der Waals surface area contributed by atoms with Crippen molar-refractivity contribution in [3.8, 4) is 0 Å². The van der Waals surface area contributed by atoms with Crippen molar-refractivity contribution < 1.29 is 0 Å². The van der Waals surface area contributed by atoms with Crippen LogP contribution in [0.25, 0.3) is 0 Å². The molecule has 1 aromatic heterocycles. The van der Waals surface area contributed by atoms with E-state index in [1.54, 1.807) is 4.88 Å². The second-order valence-corrected chi connectivity index (χ2v) is 8.47. The molecule has 2 heteroatoms. The summed E-state index contributed by atoms with van der Waals surface area (Å²) in [5, 5.41) is 2.25. The normalized spacial score (nSPS) is 16.8. The molecule has 0 saturated carbocycles. The van der Waals surface area contributed by atoms with E-state index in [2.05, 4.69) is 52.7 Å². The van der Waals surface area contributed by atoms with E-state index in [9.17, 15) is 0 Å². The van der Waals surface area contributed by atoms with Gasteiger partial charge in [-0.05, 0) is 87.5 Å². The Balaban J connectivity index is 1.40. The molecule has 2 heterocycles. The smallest absolute Gasteiger partial charge is 0.00761 e. The molecule has 0 bridgehead atoms. The molecule has 1 aliphatic rings. The third kappa shape index (κ3) is 6.60. The van der Waals surface area contributed by atoms with E-state index in [4.69, 9.17) is 0 Å². The van der Waals surface area contributed by atoms with Crippen molar-refractivity contribution in [1.82, 2.24) is 4.90 Å². The van der Waals surface area contributed by atoms with E-state index in [1.807, 2.05) is 11.3 Å². The maximum Gasteiger partial charge on any atom is 0.00761 e. The van der Waals surface area contributed by atoms with Crippen LogP contribution < -0.4 is 0 Å². The van der Waals surface area contributed by atoms with Crippen LogP contribution in [0.2, 0.25) is 0 Å². The van der Waals surface area contributed by atoms with Gasteiger partial charge in [-0.15, -0.1) is 11.3 Å². The average molecular weight is 356 g/mol. The highest BCUT2D eigenvalue weighted by molar-refractivity contribution is 7.10. The van der Waals surface area contributed by atoms with Gasteiger partial charge in [0.25, 0.3) is 0 Å². The lowest BCUT2D eigenvalue weighted by atomic mass is 9.93. The predicted molar refractivity (Wildman–Crippen MR) is 111 cm³/mol. The molecule has 136 valence electrons. The first-order valence-corrected chi connectivity index (χ1v) is 11.1. The van der Waals surface area contributed by atoms with Crippen LogP contribution >= 0.6 is 11.3 Å². The van der Waals surface area contributed by atoms with Crippen molar-refractivity contribution >= 4 is 11.3 Å². The Labute approximate surface area is 158 Å². The fourth-order valence-corrected chi connectivity index (χ4v) is 4.96. The molecule has 0 aliphatic carbocycles. The van der Waals surface area contributed by atoms with Crippen LogP contribution in [0.5, 0.6) is 0 Å². The van der Waals surface area contributed by atoms with Crippen molar-refractivity contribution in [1.29, 1.82) is 0 Å². The van der Waals surface area contributed by atoms with Gasteiger partial charge in [0.15, 0.2) is 0 Å². The summed E-state index contributed by atoms with van der Waals surface area (Å²) in [6, 6.07) is 15.5. The minimum absolute atomic E-state index is 0.778. The zero-order chi connectivity index (χ0) is 17.2. The lowest BCUT2D eigenvalue weighted by Gasteiger charge is -2.27. The summed E-state index contributed by atoms with van der Waals surface area (Å²) < 4.78 is 0. The summed E-state index contributed by atoms with van der Waals surface area (Å²) in [6.45, 7) is 3.98. The number of rotatable bonds is 10. The summed E-state index contributed by atoms with van der Waals surface area (Å²) in [6.07, 6.45) is 12.2. The van der Waals surface area contributed by atoms with Crippen LogP contribution in [0.4, 0.5) is 0 Å². The van der Waals surface area contributed by atoms with Crippen LogP contribution in [-0.2, 0) is 6.42 Å². The van der Waals surface area contributed by atoms with Gasteiger partial charge >= 0.3 is 0 Å². The van der Waals surface area contributed by atoms with E-state index in [1.165, 1.54) is 83.0 Å². The molecule has 1 aromatic carbocycles. The first-order valence-electron chi connectivity index (χ1n) is 10.2. The minimum atomic E-state index is 0.778. The van der Waals surface area contributed by atoms with Crippen molar-refractivity contribution in [3.05, 3.63) is 58.3 Å². The van der Waals surface area contributed by atoms with E-state index in [-0.39, 0.29) is 0 Å². The lowest BCUT2D eigenvalue weighted by molar-refractivity contribution is 0.222. The molecule has 1 atom stereocenters. The Morgan fingerprint density at radius 3 is 2.40 bits per heavy atom. The zero-order valence-corrected chi connectivity index (χ0v) is 16.4. The zero-order valence-electron chi connectivity index (χ0n) is 15.5. The number of hydrogen-bond donors (Lipinski definition) is 0. The average Bonchev–Trinajstić information content (AvgIpc) is 3.20. The van der Waals surface area contributed by atoms with Crippen molar-refractivity contribution in [3.63, 3.8) is 0 Å². The second-order valence-electron chi connectivity index (χ2n) is 7.49. The summed E-state index contributed by atoms with van der Waals surface area (Å²) in [5.41, 5.74) is 1.49. The van der Waals surface area contributed by atoms with Gasteiger partial charge in [-0.1, -0.05) is 49.2 Å². The first kappa shape index (κ1) is 18.7. The van der Waals surface area contributed by atoms with Gasteiger partial charge < -0.3 is 4.90 Å². The number of benzene rings is 1. The molecule has 0 radical (unpaired) electrons. The first-order chi connectivity index (χ1) is 12.4. The number of likely N-dealkylation sites (tertiary alicyclic amines) is 1. The van der Waals surface area contributed by atoms with Gasteiger partial charge in [-0.25, -0.2) is 0 Å². The van der Waals surface area contributed by atoms with Gasteiger partial charge in [0, 0.05) is 4.88 Å². The third-order valence-electron chi connectivity index (χ3n) is 5.53. The molecule has 25 heavy (non-hydrogen) atoms. The molecule has 2 aromatic rings. The highest BCUT2D eigenvalue weighted by atomic mass is 32.1. The standard InChI is InChI=1S/C23H33NS/c1-3-11-21(12-4-1)13-5-6-14-22(23-16-10-20-25-23)15-9-19-24-17-7-2-8-18-24/h1,3-4,10-12,16,20,22H,2,5-9,13-15,17-19H2. The maximum absolute atomic E-state index is 2.68. The monoisotopic (exact) mass is 355 g/mol. The van der Waals surface area contributed by atoms with E-state index in [0.717, 1.165) is 5.92 Å². The summed E-state index contributed by atoms with van der Waals surface area (Å²) in [7, 11) is 0. The molecular weight excluding hydrogens is 322 g/mol. The molecule has 3 rings (SSSR count). The van der Waals surface area contributed by atoms with Crippen LogP contribution in [0, 0.1) is 0 Å². The molecule has 0 amide bonds. The lowest BCUT2D eigenvalue weighted by Crippen LogP contribution is -2.30. The molecule has 1 fully saturated rings. The van der Waals surface area contributed by atoms with E-state index in [0.29, 0.717) is 0 Å². The Morgan fingerprint density at radius 1 is 0.840 bits per heavy atom. The van der Waals surface area contributed by atoms with Gasteiger partial charge in [0.1, 0.15) is 0 Å². The highest BCUT2D eigenvalue weighted by Gasteiger charge is 2.14. The number of piperidine rings is 1. The second kappa shape index (κ2) is 10.8. The molecular formula is C23H33NS. The molecule has 1 unspecified atom stereocenters. The van der Waals surface area contributed by atoms with Crippen LogP contribution in [0.1, 0.15) is 67.7 Å². The van der Waals surface area contributed by atoms with Crippen molar-refractivity contribution in [2.24, 2.45) is 0 Å². The van der Waals surface area contributed by atoms with Crippen LogP contribution in [-0.4, -0.2) is 24.5 Å². The number of hydrogen-bond acceptors (Lipinski definition) is 2. The fourth-order valence-electron chi connectivity index (χ4n) is 4.06. The van der Waals surface area contributed by atoms with Gasteiger partial charge in [-0.2, -0.15) is 0 Å². The summed E-state index contributed by atoms with van der Waals surface area (Å²) in [4.78, 5) is 4.29. The largest absolute Gasteiger partial charge is 0.303 e. The number of aryl methyl sites for hydroxylation is 1. The Morgan fingerprint density at radius 2 is 1.64 bits per heavy atom. The maximum atomic E-state index is 2.68. The highest BCUT2D eigenvalue weighted by Crippen LogP contribution is 2.31. The Hall–Kier alpha value is -1.12. The number of nitrogens with zero attached hydrogens (tertiary/aromatic N) is 1. The Kier molecular flexibility index (Phi) is 8.05. The quantitative estimate of drug-likeness (QED) is 0.439. The SMILES string of the molecule is c1ccc(CCCCC(CCCN2CCCCC2)c2cccs2)cc1. The number of thiophene rings is 1. The van der Waals surface area contributed by atoms with Crippen molar-refractivity contribution in [2.75, 3.05) is 19.6 Å². The predicted octanol–water partition coefficient (Wildman–Crippen LogP) is 6.51. The van der Waals surface area contributed by atoms with E-state index >= 15 is 0 Å². The van der Waals surface area contributed by atoms with Crippen LogP contribution in [0.3, 0.4) is 0 Å². The minimum Gasteiger partial charge on any atom is -0.303 e. The third-order valence-corrected chi connectivity index (χ3v) is 6.57. The van der Waals surface area contributed by atoms with Crippen molar-refractivity contribution in [2.45, 2.75) is 63.7 Å². The van der Waals surface area contributed by atoms with E-state index < -0.39 is 0 Å². The molecule has 0 spiro atoms. The topological polar surface area (TPSA) is 3.24 Å². The summed E-state index contributed by atoms with van der Waals surface area (Å²) in [5.74, 6) is 0.778. The molecule has 1 aliphatic heterocycles. The molecule has 1 saturated heterocycles. The van der Waals surface area contributed by atoms with Gasteiger partial charge in [0.2, 0.25) is 0 Å². The van der Waals surface area contributed by atoms with Gasteiger partial charge in [-0.3, -0.25) is 0 Å². The molecule has 0 N–H and O–H groups in total. The van der Waals surface area contributed by atoms with Gasteiger partial charge in [0.05, 0.1) is 0 Å². The Bertz CT molecular complexity index is 557. The molecule has 1 nitrogen and oxygen atoms in total.